The summed E-state index contributed by atoms with van der Waals surface area (Å²) in [6.07, 6.45) is 0. The lowest BCUT2D eigenvalue weighted by Gasteiger charge is -2.11. The van der Waals surface area contributed by atoms with Crippen LogP contribution in [-0.2, 0) is 0 Å². The van der Waals surface area contributed by atoms with Gasteiger partial charge in [-0.1, -0.05) is 50.1 Å². The highest BCUT2D eigenvalue weighted by molar-refractivity contribution is 9.10. The predicted molar refractivity (Wildman–Crippen MR) is 86.7 cm³/mol. The third-order valence-corrected chi connectivity index (χ3v) is 5.48. The lowest BCUT2D eigenvalue weighted by molar-refractivity contribution is 0.613. The molecule has 3 aromatic rings. The van der Waals surface area contributed by atoms with Crippen LogP contribution in [0.5, 0.6) is 0 Å². The quantitative estimate of drug-likeness (QED) is 0.444. The van der Waals surface area contributed by atoms with E-state index in [9.17, 15) is 4.39 Å². The van der Waals surface area contributed by atoms with Crippen LogP contribution in [0.2, 0.25) is 0 Å². The van der Waals surface area contributed by atoms with Crippen LogP contribution in [0.4, 0.5) is 4.39 Å². The SMILES string of the molecule is Fc1ccc(Br)cc1C(Br)c1csc2ccccc12. The molecule has 0 N–H and O–H groups in total. The average molecular weight is 400 g/mol. The van der Waals surface area contributed by atoms with Crippen LogP contribution in [0, 0.1) is 5.82 Å². The standard InChI is InChI=1S/C15H9Br2FS/c16-9-5-6-13(18)11(7-9)15(17)12-8-19-14-4-2-1-3-10(12)14/h1-8,15H. The van der Waals surface area contributed by atoms with Crippen LogP contribution in [0.15, 0.2) is 52.3 Å². The maximum Gasteiger partial charge on any atom is 0.127 e. The molecule has 0 saturated heterocycles. The fourth-order valence-corrected chi connectivity index (χ4v) is 4.34. The zero-order valence-corrected chi connectivity index (χ0v) is 13.7. The molecule has 0 nitrogen and oxygen atoms in total. The van der Waals surface area contributed by atoms with Crippen LogP contribution in [0.25, 0.3) is 10.1 Å². The van der Waals surface area contributed by atoms with Crippen molar-refractivity contribution in [2.24, 2.45) is 0 Å². The van der Waals surface area contributed by atoms with Gasteiger partial charge in [0.05, 0.1) is 4.83 Å². The molecule has 0 saturated carbocycles. The average Bonchev–Trinajstić information content (AvgIpc) is 2.84. The molecule has 4 heteroatoms. The van der Waals surface area contributed by atoms with Gasteiger partial charge in [0.1, 0.15) is 5.82 Å². The summed E-state index contributed by atoms with van der Waals surface area (Å²) in [7, 11) is 0. The van der Waals surface area contributed by atoms with E-state index in [0.29, 0.717) is 5.56 Å². The molecule has 0 radical (unpaired) electrons. The van der Waals surface area contributed by atoms with Crippen molar-refractivity contribution >= 4 is 53.3 Å². The lowest BCUT2D eigenvalue weighted by Crippen LogP contribution is -1.95. The molecule has 0 fully saturated rings. The molecule has 19 heavy (non-hydrogen) atoms. The number of halogens is 3. The summed E-state index contributed by atoms with van der Waals surface area (Å²) in [6.45, 7) is 0. The van der Waals surface area contributed by atoms with Gasteiger partial charge in [-0.15, -0.1) is 11.3 Å². The van der Waals surface area contributed by atoms with Crippen molar-refractivity contribution < 1.29 is 4.39 Å². The van der Waals surface area contributed by atoms with Crippen LogP contribution < -0.4 is 0 Å². The van der Waals surface area contributed by atoms with Crippen LogP contribution >= 0.6 is 43.2 Å². The minimum absolute atomic E-state index is 0.138. The third kappa shape index (κ3) is 2.49. The minimum atomic E-state index is -0.194. The van der Waals surface area contributed by atoms with Crippen molar-refractivity contribution in [2.45, 2.75) is 4.83 Å². The summed E-state index contributed by atoms with van der Waals surface area (Å²) in [5.74, 6) is -0.194. The first-order valence-corrected chi connectivity index (χ1v) is 8.31. The van der Waals surface area contributed by atoms with E-state index in [4.69, 9.17) is 0 Å². The summed E-state index contributed by atoms with van der Waals surface area (Å²) < 4.78 is 16.1. The van der Waals surface area contributed by atoms with Crippen molar-refractivity contribution in [3.8, 4) is 0 Å². The van der Waals surface area contributed by atoms with Crippen molar-refractivity contribution in [3.63, 3.8) is 0 Å². The summed E-state index contributed by atoms with van der Waals surface area (Å²) in [4.78, 5) is -0.138. The molecule has 0 spiro atoms. The summed E-state index contributed by atoms with van der Waals surface area (Å²) in [5.41, 5.74) is 1.76. The Balaban J connectivity index is 2.13. The first-order chi connectivity index (χ1) is 9.16. The zero-order valence-electron chi connectivity index (χ0n) is 9.74. The van der Waals surface area contributed by atoms with E-state index in [1.54, 1.807) is 17.4 Å². The number of rotatable bonds is 2. The monoisotopic (exact) mass is 398 g/mol. The van der Waals surface area contributed by atoms with Gasteiger partial charge in [0.2, 0.25) is 0 Å². The Hall–Kier alpha value is -0.710. The normalized spacial score (nSPS) is 12.8. The lowest BCUT2D eigenvalue weighted by atomic mass is 10.0. The molecule has 1 aromatic heterocycles. The van der Waals surface area contributed by atoms with Crippen molar-refractivity contribution in [1.82, 2.24) is 0 Å². The Kier molecular flexibility index (Phi) is 3.74. The Morgan fingerprint density at radius 1 is 1.05 bits per heavy atom. The maximum absolute atomic E-state index is 14.0. The maximum atomic E-state index is 14.0. The van der Waals surface area contributed by atoms with Gasteiger partial charge in [-0.25, -0.2) is 4.39 Å². The largest absolute Gasteiger partial charge is 0.207 e. The molecule has 1 atom stereocenters. The van der Waals surface area contributed by atoms with E-state index in [2.05, 4.69) is 49.4 Å². The van der Waals surface area contributed by atoms with Gasteiger partial charge < -0.3 is 0 Å². The highest BCUT2D eigenvalue weighted by atomic mass is 79.9. The molecule has 0 amide bonds. The summed E-state index contributed by atoms with van der Waals surface area (Å²) in [6, 6.07) is 13.2. The number of hydrogen-bond acceptors (Lipinski definition) is 1. The minimum Gasteiger partial charge on any atom is -0.207 e. The van der Waals surface area contributed by atoms with Gasteiger partial charge in [-0.3, -0.25) is 0 Å². The molecular weight excluding hydrogens is 391 g/mol. The van der Waals surface area contributed by atoms with Crippen molar-refractivity contribution in [3.05, 3.63) is 69.3 Å². The highest BCUT2D eigenvalue weighted by Crippen LogP contribution is 2.40. The van der Waals surface area contributed by atoms with Gasteiger partial charge in [0, 0.05) is 14.7 Å². The predicted octanol–water partition coefficient (Wildman–Crippen LogP) is 6.29. The number of fused-ring (bicyclic) bond motifs is 1. The molecule has 0 aliphatic heterocycles. The molecule has 0 bridgehead atoms. The van der Waals surface area contributed by atoms with Crippen molar-refractivity contribution in [1.29, 1.82) is 0 Å². The van der Waals surface area contributed by atoms with Gasteiger partial charge in [-0.05, 0) is 40.6 Å². The number of hydrogen-bond donors (Lipinski definition) is 0. The van der Waals surface area contributed by atoms with E-state index in [1.165, 1.54) is 16.2 Å². The van der Waals surface area contributed by atoms with E-state index in [-0.39, 0.29) is 10.6 Å². The van der Waals surface area contributed by atoms with Crippen LogP contribution in [0.1, 0.15) is 16.0 Å². The molecule has 0 aliphatic carbocycles. The molecule has 96 valence electrons. The van der Waals surface area contributed by atoms with E-state index >= 15 is 0 Å². The summed E-state index contributed by atoms with van der Waals surface area (Å²) >= 11 is 8.70. The first kappa shape index (κ1) is 13.3. The topological polar surface area (TPSA) is 0 Å². The second-order valence-electron chi connectivity index (χ2n) is 4.22. The van der Waals surface area contributed by atoms with E-state index in [0.717, 1.165) is 10.0 Å². The fourth-order valence-electron chi connectivity index (χ4n) is 2.07. The highest BCUT2D eigenvalue weighted by Gasteiger charge is 2.18. The molecule has 1 heterocycles. The molecule has 3 rings (SSSR count). The first-order valence-electron chi connectivity index (χ1n) is 5.72. The number of thiophene rings is 1. The van der Waals surface area contributed by atoms with E-state index in [1.807, 2.05) is 18.2 Å². The Morgan fingerprint density at radius 3 is 2.68 bits per heavy atom. The number of benzene rings is 2. The molecular formula is C15H9Br2FS. The van der Waals surface area contributed by atoms with Crippen LogP contribution in [0.3, 0.4) is 0 Å². The number of alkyl halides is 1. The van der Waals surface area contributed by atoms with Gasteiger partial charge in [0.25, 0.3) is 0 Å². The van der Waals surface area contributed by atoms with Gasteiger partial charge >= 0.3 is 0 Å². The van der Waals surface area contributed by atoms with Crippen molar-refractivity contribution in [2.75, 3.05) is 0 Å². The van der Waals surface area contributed by atoms with E-state index < -0.39 is 0 Å². The second kappa shape index (κ2) is 5.35. The Morgan fingerprint density at radius 2 is 1.84 bits per heavy atom. The van der Waals surface area contributed by atoms with Gasteiger partial charge in [0.15, 0.2) is 0 Å². The smallest absolute Gasteiger partial charge is 0.127 e. The Bertz CT molecular complexity index is 736. The second-order valence-corrected chi connectivity index (χ2v) is 6.96. The molecule has 2 aromatic carbocycles. The van der Waals surface area contributed by atoms with Crippen LogP contribution in [-0.4, -0.2) is 0 Å². The fraction of sp³-hybridized carbons (Fsp3) is 0.0667. The molecule has 1 unspecified atom stereocenters. The Labute approximate surface area is 131 Å². The molecule has 0 aliphatic rings. The third-order valence-electron chi connectivity index (χ3n) is 3.02. The zero-order chi connectivity index (χ0) is 13.4. The summed E-state index contributed by atoms with van der Waals surface area (Å²) in [5, 5.41) is 3.26. The van der Waals surface area contributed by atoms with Gasteiger partial charge in [-0.2, -0.15) is 0 Å².